The van der Waals surface area contributed by atoms with Crippen LogP contribution in [0.4, 0.5) is 4.79 Å². The monoisotopic (exact) mass is 264 g/mol. The lowest BCUT2D eigenvalue weighted by atomic mass is 10.2. The van der Waals surface area contributed by atoms with Crippen LogP contribution in [0.25, 0.3) is 0 Å². The Kier molecular flexibility index (Phi) is 9.42. The smallest absolute Gasteiger partial charge is 0.276 e. The highest BCUT2D eigenvalue weighted by Crippen LogP contribution is 1.94. The Morgan fingerprint density at radius 3 is 2.81 bits per heavy atom. The maximum Gasteiger partial charge on any atom is 0.276 e. The number of amides is 1. The van der Waals surface area contributed by atoms with Gasteiger partial charge in [-0.25, -0.2) is 0 Å². The van der Waals surface area contributed by atoms with E-state index in [1.54, 1.807) is 0 Å². The van der Waals surface area contributed by atoms with Gasteiger partial charge in [-0.2, -0.15) is 0 Å². The predicted molar refractivity (Wildman–Crippen MR) is 73.1 cm³/mol. The Labute approximate surface area is 108 Å². The van der Waals surface area contributed by atoms with Crippen LogP contribution in [0.3, 0.4) is 0 Å². The number of rotatable bonds is 7. The molecular formula is C10H20N2O2S2. The number of hydrogen-bond acceptors (Lipinski definition) is 3. The van der Waals surface area contributed by atoms with Gasteiger partial charge in [0.25, 0.3) is 10.4 Å². The van der Waals surface area contributed by atoms with E-state index < -0.39 is 0 Å². The van der Waals surface area contributed by atoms with Gasteiger partial charge in [-0.05, 0) is 25.6 Å². The van der Waals surface area contributed by atoms with Gasteiger partial charge in [-0.15, -0.1) is 0 Å². The van der Waals surface area contributed by atoms with Gasteiger partial charge in [0, 0.05) is 19.0 Å². The number of hydrogen-bond donors (Lipinski definition) is 3. The van der Waals surface area contributed by atoms with Gasteiger partial charge in [-0.3, -0.25) is 4.79 Å². The van der Waals surface area contributed by atoms with E-state index >= 15 is 0 Å². The molecule has 16 heavy (non-hydrogen) atoms. The predicted octanol–water partition coefficient (Wildman–Crippen LogP) is 2.10. The number of thiol groups is 1. The normalized spacial score (nSPS) is 11.7. The van der Waals surface area contributed by atoms with E-state index in [0.717, 1.165) is 19.4 Å². The van der Waals surface area contributed by atoms with Crippen LogP contribution in [0.15, 0.2) is 0 Å². The number of carbonyl (C=O) groups is 1. The molecule has 0 aromatic carbocycles. The van der Waals surface area contributed by atoms with Gasteiger partial charge < -0.3 is 15.4 Å². The van der Waals surface area contributed by atoms with Crippen molar-refractivity contribution in [1.82, 2.24) is 10.6 Å². The number of thiocarbonyl (C=S) groups is 1. The summed E-state index contributed by atoms with van der Waals surface area (Å²) in [6.07, 6.45) is 2.91. The quantitative estimate of drug-likeness (QED) is 0.374. The molecule has 0 fully saturated rings. The molecule has 1 unspecified atom stereocenters. The van der Waals surface area contributed by atoms with E-state index in [1.807, 2.05) is 6.92 Å². The molecule has 0 spiro atoms. The molecule has 0 heterocycles. The van der Waals surface area contributed by atoms with Crippen LogP contribution < -0.4 is 10.6 Å². The van der Waals surface area contributed by atoms with Crippen molar-refractivity contribution >= 4 is 35.3 Å². The molecule has 6 heteroatoms. The Balaban J connectivity index is 3.42. The van der Waals surface area contributed by atoms with Gasteiger partial charge in [0.15, 0.2) is 0 Å². The van der Waals surface area contributed by atoms with Crippen molar-refractivity contribution < 1.29 is 9.53 Å². The van der Waals surface area contributed by atoms with E-state index in [4.69, 9.17) is 17.0 Å². The van der Waals surface area contributed by atoms with Gasteiger partial charge >= 0.3 is 0 Å². The molecule has 0 aliphatic carbocycles. The summed E-state index contributed by atoms with van der Waals surface area (Å²) in [5.41, 5.74) is 0. The van der Waals surface area contributed by atoms with Gasteiger partial charge in [0.1, 0.15) is 0 Å². The largest absolute Gasteiger partial charge is 0.471 e. The molecule has 0 saturated heterocycles. The molecule has 0 aromatic heterocycles. The first-order chi connectivity index (χ1) is 7.56. The molecule has 0 rings (SSSR count). The average Bonchev–Trinajstić information content (AvgIpc) is 2.17. The number of unbranched alkanes of at least 4 members (excludes halogenated alkanes) is 1. The van der Waals surface area contributed by atoms with Crippen LogP contribution in [0.5, 0.6) is 0 Å². The highest BCUT2D eigenvalue weighted by atomic mass is 32.1. The van der Waals surface area contributed by atoms with Gasteiger partial charge in [0.2, 0.25) is 0 Å². The lowest BCUT2D eigenvalue weighted by molar-refractivity contribution is 0.250. The molecule has 4 nitrogen and oxygen atoms in total. The summed E-state index contributed by atoms with van der Waals surface area (Å²) < 4.78 is 5.28. The molecule has 0 aliphatic rings. The standard InChI is InChI=1S/C10H20N2O2S2/c1-3-4-6-11-10(16)14-7-5-8(2)12-9(13)15/h8H,3-7H2,1-2H3,(H,11,16)(H2,12,13,15). The minimum Gasteiger partial charge on any atom is -0.471 e. The molecule has 1 atom stereocenters. The van der Waals surface area contributed by atoms with Gasteiger partial charge in [0.05, 0.1) is 6.61 Å². The summed E-state index contributed by atoms with van der Waals surface area (Å²) in [5.74, 6) is 0. The van der Waals surface area contributed by atoms with Crippen molar-refractivity contribution in [3.63, 3.8) is 0 Å². The number of ether oxygens (including phenoxy) is 1. The topological polar surface area (TPSA) is 50.4 Å². The maximum absolute atomic E-state index is 10.6. The zero-order valence-electron chi connectivity index (χ0n) is 9.78. The molecule has 0 bridgehead atoms. The van der Waals surface area contributed by atoms with E-state index in [0.29, 0.717) is 18.2 Å². The third-order valence-corrected chi connectivity index (χ3v) is 2.34. The Morgan fingerprint density at radius 2 is 2.25 bits per heavy atom. The van der Waals surface area contributed by atoms with Crippen LogP contribution in [-0.4, -0.2) is 29.6 Å². The van der Waals surface area contributed by atoms with E-state index in [-0.39, 0.29) is 11.3 Å². The first-order valence-electron chi connectivity index (χ1n) is 5.46. The van der Waals surface area contributed by atoms with Crippen molar-refractivity contribution in [3.8, 4) is 0 Å². The molecule has 1 amide bonds. The summed E-state index contributed by atoms with van der Waals surface area (Å²) in [6, 6.07) is 0.0449. The summed E-state index contributed by atoms with van der Waals surface area (Å²) in [5, 5.41) is 5.76. The van der Waals surface area contributed by atoms with E-state index in [2.05, 4.69) is 30.2 Å². The maximum atomic E-state index is 10.6. The first kappa shape index (κ1) is 15.5. The molecule has 2 N–H and O–H groups in total. The molecule has 0 aliphatic heterocycles. The van der Waals surface area contributed by atoms with Crippen molar-refractivity contribution in [2.24, 2.45) is 0 Å². The second-order valence-electron chi connectivity index (χ2n) is 3.56. The number of carbonyl (C=O) groups excluding carboxylic acids is 1. The third-order valence-electron chi connectivity index (χ3n) is 1.95. The van der Waals surface area contributed by atoms with Crippen molar-refractivity contribution in [2.45, 2.75) is 39.2 Å². The zero-order chi connectivity index (χ0) is 12.4. The SMILES string of the molecule is CCCCNC(=S)OCCC(C)NC(=O)S. The summed E-state index contributed by atoms with van der Waals surface area (Å²) in [4.78, 5) is 10.6. The fourth-order valence-electron chi connectivity index (χ4n) is 1.03. The van der Waals surface area contributed by atoms with Crippen molar-refractivity contribution in [3.05, 3.63) is 0 Å². The molecule has 0 aromatic rings. The molecule has 94 valence electrons. The Bertz CT molecular complexity index is 225. The van der Waals surface area contributed by atoms with E-state index in [1.165, 1.54) is 0 Å². The van der Waals surface area contributed by atoms with E-state index in [9.17, 15) is 4.79 Å². The lowest BCUT2D eigenvalue weighted by Gasteiger charge is -2.13. The van der Waals surface area contributed by atoms with Crippen molar-refractivity contribution in [1.29, 1.82) is 0 Å². The van der Waals surface area contributed by atoms with Gasteiger partial charge in [-0.1, -0.05) is 26.0 Å². The Hall–Kier alpha value is -0.490. The molecule has 0 saturated carbocycles. The van der Waals surface area contributed by atoms with Crippen molar-refractivity contribution in [2.75, 3.05) is 13.2 Å². The van der Waals surface area contributed by atoms with Crippen LogP contribution in [-0.2, 0) is 4.74 Å². The second-order valence-corrected chi connectivity index (χ2v) is 4.33. The Morgan fingerprint density at radius 1 is 1.56 bits per heavy atom. The zero-order valence-corrected chi connectivity index (χ0v) is 11.5. The van der Waals surface area contributed by atoms with Crippen LogP contribution in [0, 0.1) is 0 Å². The fourth-order valence-corrected chi connectivity index (χ4v) is 1.44. The average molecular weight is 264 g/mol. The fraction of sp³-hybridized carbons (Fsp3) is 0.800. The highest BCUT2D eigenvalue weighted by Gasteiger charge is 2.04. The lowest BCUT2D eigenvalue weighted by Crippen LogP contribution is -2.31. The second kappa shape index (κ2) is 9.72. The summed E-state index contributed by atoms with van der Waals surface area (Å²) in [7, 11) is 0. The van der Waals surface area contributed by atoms with Crippen LogP contribution in [0.2, 0.25) is 0 Å². The highest BCUT2D eigenvalue weighted by molar-refractivity contribution is 7.96. The first-order valence-corrected chi connectivity index (χ1v) is 6.32. The summed E-state index contributed by atoms with van der Waals surface area (Å²) >= 11 is 8.60. The van der Waals surface area contributed by atoms with Crippen LogP contribution in [0.1, 0.15) is 33.1 Å². The number of nitrogens with one attached hydrogen (secondary N) is 2. The summed E-state index contributed by atoms with van der Waals surface area (Å²) in [6.45, 7) is 5.35. The minimum atomic E-state index is -0.323. The third kappa shape index (κ3) is 10.0. The van der Waals surface area contributed by atoms with Crippen LogP contribution >= 0.6 is 24.8 Å². The minimum absolute atomic E-state index is 0.0449. The molecule has 0 radical (unpaired) electrons. The molecular weight excluding hydrogens is 244 g/mol.